The van der Waals surface area contributed by atoms with Gasteiger partial charge in [-0.1, -0.05) is 17.8 Å². The Morgan fingerprint density at radius 1 is 1.41 bits per heavy atom. The summed E-state index contributed by atoms with van der Waals surface area (Å²) in [6.45, 7) is 5.46. The molecule has 0 saturated heterocycles. The van der Waals surface area contributed by atoms with Gasteiger partial charge < -0.3 is 5.11 Å². The average molecular weight is 230 g/mol. The molecule has 0 aromatic heterocycles. The summed E-state index contributed by atoms with van der Waals surface area (Å²) in [5.74, 6) is 0.207. The van der Waals surface area contributed by atoms with E-state index in [-0.39, 0.29) is 17.3 Å². The van der Waals surface area contributed by atoms with E-state index >= 15 is 0 Å². The molecule has 1 aliphatic rings. The second-order valence-electron chi connectivity index (χ2n) is 3.53. The van der Waals surface area contributed by atoms with Crippen molar-refractivity contribution in [3.63, 3.8) is 0 Å². The molecule has 86 valence electrons. The lowest BCUT2D eigenvalue weighted by atomic mass is 10.2. The highest BCUT2D eigenvalue weighted by molar-refractivity contribution is 6.09. The monoisotopic (exact) mass is 230 g/mol. The summed E-state index contributed by atoms with van der Waals surface area (Å²) in [7, 11) is 0. The number of benzene rings is 1. The van der Waals surface area contributed by atoms with Crippen LogP contribution < -0.4 is 5.32 Å². The fourth-order valence-electron chi connectivity index (χ4n) is 1.29. The van der Waals surface area contributed by atoms with Crippen LogP contribution in [0, 0.1) is 6.92 Å². The lowest BCUT2D eigenvalue weighted by Gasteiger charge is -2.10. The summed E-state index contributed by atoms with van der Waals surface area (Å²) in [4.78, 5) is 15.1. The zero-order chi connectivity index (χ0) is 12.4. The number of amides is 2. The normalized spacial score (nSPS) is 17.4. The van der Waals surface area contributed by atoms with E-state index in [1.165, 1.54) is 6.07 Å². The number of hydrogen-bond donors (Lipinski definition) is 2. The molecule has 0 unspecified atom stereocenters. The summed E-state index contributed by atoms with van der Waals surface area (Å²) >= 11 is 0. The van der Waals surface area contributed by atoms with E-state index in [4.69, 9.17) is 0 Å². The Bertz CT molecular complexity index is 561. The third kappa shape index (κ3) is 2.36. The maximum absolute atomic E-state index is 11.0. The van der Waals surface area contributed by atoms with Crippen LogP contribution in [-0.2, 0) is 0 Å². The van der Waals surface area contributed by atoms with Crippen LogP contribution in [0.1, 0.15) is 5.56 Å². The van der Waals surface area contributed by atoms with Gasteiger partial charge in [0.15, 0.2) is 5.84 Å². The highest BCUT2D eigenvalue weighted by Gasteiger charge is 2.15. The fraction of sp³-hybridized carbons (Fsp3) is 0.0909. The third-order valence-corrected chi connectivity index (χ3v) is 2.12. The van der Waals surface area contributed by atoms with Crippen LogP contribution in [0.15, 0.2) is 45.7 Å². The van der Waals surface area contributed by atoms with E-state index in [2.05, 4.69) is 27.1 Å². The number of aromatic hydroxyl groups is 1. The Morgan fingerprint density at radius 2 is 2.18 bits per heavy atom. The maximum atomic E-state index is 11.0. The minimum absolute atomic E-state index is 0.0210. The molecule has 0 spiro atoms. The summed E-state index contributed by atoms with van der Waals surface area (Å²) in [5, 5.41) is 18.8. The predicted octanol–water partition coefficient (Wildman–Crippen LogP) is 2.42. The largest absolute Gasteiger partial charge is 0.506 e. The number of amidine groups is 1. The molecule has 1 aromatic rings. The van der Waals surface area contributed by atoms with Crippen molar-refractivity contribution in [1.29, 1.82) is 0 Å². The number of carbonyl (C=O) groups excluding carboxylic acids is 1. The van der Waals surface area contributed by atoms with Gasteiger partial charge in [0.2, 0.25) is 0 Å². The number of aliphatic imine (C=N–C) groups is 1. The van der Waals surface area contributed by atoms with Gasteiger partial charge in [0.25, 0.3) is 0 Å². The molecule has 0 atom stereocenters. The standard InChI is InChI=1S/C11H10N4O2/c1-6-3-4-9(16)8(5-6)12-10-7(2)14-15-11(17)13-10/h3-5,16H,2H2,1H3,(H,12,13,17). The number of urea groups is 1. The molecule has 0 radical (unpaired) electrons. The van der Waals surface area contributed by atoms with Crippen molar-refractivity contribution in [3.05, 3.63) is 36.0 Å². The third-order valence-electron chi connectivity index (χ3n) is 2.12. The highest BCUT2D eigenvalue weighted by atomic mass is 16.3. The second kappa shape index (κ2) is 4.17. The quantitative estimate of drug-likeness (QED) is 0.776. The second-order valence-corrected chi connectivity index (χ2v) is 3.53. The Labute approximate surface area is 97.4 Å². The first-order valence-corrected chi connectivity index (χ1v) is 4.86. The first-order chi connectivity index (χ1) is 8.06. The molecule has 0 fully saturated rings. The molecule has 2 amide bonds. The molecule has 17 heavy (non-hydrogen) atoms. The van der Waals surface area contributed by atoms with Gasteiger partial charge >= 0.3 is 6.03 Å². The zero-order valence-corrected chi connectivity index (χ0v) is 9.14. The molecule has 0 aliphatic carbocycles. The predicted molar refractivity (Wildman–Crippen MR) is 62.5 cm³/mol. The molecule has 2 N–H and O–H groups in total. The van der Waals surface area contributed by atoms with Gasteiger partial charge in [-0.2, -0.15) is 0 Å². The van der Waals surface area contributed by atoms with Crippen LogP contribution in [0.5, 0.6) is 5.75 Å². The number of phenols is 1. The molecule has 6 heteroatoms. The van der Waals surface area contributed by atoms with Crippen LogP contribution in [0.25, 0.3) is 0 Å². The van der Waals surface area contributed by atoms with E-state index in [1.807, 2.05) is 6.92 Å². The van der Waals surface area contributed by atoms with E-state index in [0.29, 0.717) is 5.69 Å². The van der Waals surface area contributed by atoms with Gasteiger partial charge in [-0.25, -0.2) is 9.79 Å². The number of phenolic OH excluding ortho intramolecular Hbond substituents is 1. The number of carbonyl (C=O) groups is 1. The summed E-state index contributed by atoms with van der Waals surface area (Å²) < 4.78 is 0. The van der Waals surface area contributed by atoms with Gasteiger partial charge in [-0.15, -0.1) is 5.11 Å². The molecule has 1 aromatic carbocycles. The Hall–Kier alpha value is -2.50. The van der Waals surface area contributed by atoms with Crippen molar-refractivity contribution in [1.82, 2.24) is 5.32 Å². The topological polar surface area (TPSA) is 86.4 Å². The Morgan fingerprint density at radius 3 is 2.94 bits per heavy atom. The van der Waals surface area contributed by atoms with Crippen molar-refractivity contribution in [2.45, 2.75) is 6.92 Å². The summed E-state index contributed by atoms with van der Waals surface area (Å²) in [6, 6.07) is 4.37. The molecule has 2 rings (SSSR count). The molecular weight excluding hydrogens is 220 g/mol. The molecule has 0 bridgehead atoms. The van der Waals surface area contributed by atoms with Crippen molar-refractivity contribution in [2.24, 2.45) is 15.2 Å². The SMILES string of the molecule is C=C1N=NC(=O)NC1=Nc1cc(C)ccc1O. The van der Waals surface area contributed by atoms with Gasteiger partial charge in [0.1, 0.15) is 17.1 Å². The smallest absolute Gasteiger partial charge is 0.365 e. The van der Waals surface area contributed by atoms with Crippen LogP contribution >= 0.6 is 0 Å². The van der Waals surface area contributed by atoms with Crippen molar-refractivity contribution >= 4 is 17.6 Å². The number of nitrogens with zero attached hydrogens (tertiary/aromatic N) is 3. The molecule has 1 aliphatic heterocycles. The lowest BCUT2D eigenvalue weighted by Crippen LogP contribution is -2.31. The Balaban J connectivity index is 2.42. The first kappa shape index (κ1) is 11.0. The van der Waals surface area contributed by atoms with E-state index < -0.39 is 6.03 Å². The highest BCUT2D eigenvalue weighted by Crippen LogP contribution is 2.27. The number of azo groups is 1. The summed E-state index contributed by atoms with van der Waals surface area (Å²) in [6.07, 6.45) is 0. The first-order valence-electron chi connectivity index (χ1n) is 4.86. The number of hydrogen-bond acceptors (Lipinski definition) is 4. The Kier molecular flexibility index (Phi) is 2.70. The van der Waals surface area contributed by atoms with E-state index in [0.717, 1.165) is 5.56 Å². The van der Waals surface area contributed by atoms with Crippen LogP contribution in [0.2, 0.25) is 0 Å². The number of rotatable bonds is 1. The molecule has 6 nitrogen and oxygen atoms in total. The fourth-order valence-corrected chi connectivity index (χ4v) is 1.29. The maximum Gasteiger partial charge on any atom is 0.365 e. The molecular formula is C11H10N4O2. The molecule has 1 heterocycles. The van der Waals surface area contributed by atoms with Gasteiger partial charge in [0, 0.05) is 0 Å². The minimum atomic E-state index is -0.608. The van der Waals surface area contributed by atoms with Crippen LogP contribution in [0.3, 0.4) is 0 Å². The lowest BCUT2D eigenvalue weighted by molar-refractivity contribution is 0.251. The van der Waals surface area contributed by atoms with Gasteiger partial charge in [0.05, 0.1) is 0 Å². The van der Waals surface area contributed by atoms with Crippen molar-refractivity contribution < 1.29 is 9.90 Å². The summed E-state index contributed by atoms with van der Waals surface area (Å²) in [5.41, 5.74) is 1.53. The van der Waals surface area contributed by atoms with Crippen molar-refractivity contribution in [3.8, 4) is 5.75 Å². The number of aryl methyl sites for hydroxylation is 1. The van der Waals surface area contributed by atoms with Crippen LogP contribution in [-0.4, -0.2) is 17.0 Å². The van der Waals surface area contributed by atoms with Crippen LogP contribution in [0.4, 0.5) is 10.5 Å². The molecule has 0 saturated carbocycles. The van der Waals surface area contributed by atoms with E-state index in [1.54, 1.807) is 12.1 Å². The van der Waals surface area contributed by atoms with Gasteiger partial charge in [-0.3, -0.25) is 5.32 Å². The van der Waals surface area contributed by atoms with Crippen molar-refractivity contribution in [2.75, 3.05) is 0 Å². The van der Waals surface area contributed by atoms with E-state index in [9.17, 15) is 9.90 Å². The zero-order valence-electron chi connectivity index (χ0n) is 9.14. The minimum Gasteiger partial charge on any atom is -0.506 e. The number of nitrogens with one attached hydrogen (secondary N) is 1. The van der Waals surface area contributed by atoms with Gasteiger partial charge in [-0.05, 0) is 24.6 Å². The average Bonchev–Trinajstić information content (AvgIpc) is 2.28.